The summed E-state index contributed by atoms with van der Waals surface area (Å²) in [6.45, 7) is 6.23. The van der Waals surface area contributed by atoms with E-state index in [4.69, 9.17) is 9.15 Å². The molecular formula is C19H24FNO3. The van der Waals surface area contributed by atoms with Crippen LogP contribution in [-0.2, 0) is 11.2 Å². The molecule has 0 spiro atoms. The molecule has 0 saturated heterocycles. The predicted octanol–water partition coefficient (Wildman–Crippen LogP) is 3.96. The molecule has 5 heteroatoms. The Morgan fingerprint density at radius 2 is 2.00 bits per heavy atom. The van der Waals surface area contributed by atoms with Crippen molar-refractivity contribution in [3.05, 3.63) is 54.2 Å². The van der Waals surface area contributed by atoms with Crippen molar-refractivity contribution in [2.75, 3.05) is 6.61 Å². The zero-order chi connectivity index (χ0) is 17.6. The second-order valence-electron chi connectivity index (χ2n) is 6.81. The van der Waals surface area contributed by atoms with Gasteiger partial charge in [-0.25, -0.2) is 4.39 Å². The molecule has 1 aromatic heterocycles. The fourth-order valence-electron chi connectivity index (χ4n) is 2.20. The lowest BCUT2D eigenvalue weighted by atomic mass is 9.87. The Bertz CT molecular complexity index is 647. The SMILES string of the molecule is CC(C)(C)C(COc1ccccc1F)NC(=O)CCc1ccco1. The van der Waals surface area contributed by atoms with Gasteiger partial charge in [0, 0.05) is 12.8 Å². The van der Waals surface area contributed by atoms with Gasteiger partial charge in [0.25, 0.3) is 0 Å². The standard InChI is InChI=1S/C19H24FNO3/c1-19(2,3)17(13-24-16-9-5-4-8-15(16)20)21-18(22)11-10-14-7-6-12-23-14/h4-9,12,17H,10-11,13H2,1-3H3,(H,21,22). The number of halogens is 1. The minimum absolute atomic E-state index is 0.0801. The molecule has 130 valence electrons. The first kappa shape index (κ1) is 18.0. The molecule has 2 aromatic rings. The topological polar surface area (TPSA) is 51.5 Å². The van der Waals surface area contributed by atoms with Gasteiger partial charge in [-0.15, -0.1) is 0 Å². The van der Waals surface area contributed by atoms with Crippen molar-refractivity contribution in [1.82, 2.24) is 5.32 Å². The Labute approximate surface area is 142 Å². The van der Waals surface area contributed by atoms with Crippen LogP contribution in [0.4, 0.5) is 4.39 Å². The van der Waals surface area contributed by atoms with Gasteiger partial charge in [0.1, 0.15) is 12.4 Å². The lowest BCUT2D eigenvalue weighted by Gasteiger charge is -2.31. The highest BCUT2D eigenvalue weighted by molar-refractivity contribution is 5.76. The van der Waals surface area contributed by atoms with Crippen LogP contribution in [0.5, 0.6) is 5.75 Å². The molecule has 1 heterocycles. The summed E-state index contributed by atoms with van der Waals surface area (Å²) in [4.78, 5) is 12.2. The maximum atomic E-state index is 13.7. The molecule has 0 aliphatic rings. The fraction of sp³-hybridized carbons (Fsp3) is 0.421. The second-order valence-corrected chi connectivity index (χ2v) is 6.81. The highest BCUT2D eigenvalue weighted by Crippen LogP contribution is 2.22. The molecular weight excluding hydrogens is 309 g/mol. The molecule has 1 N–H and O–H groups in total. The van der Waals surface area contributed by atoms with Crippen LogP contribution in [0.3, 0.4) is 0 Å². The van der Waals surface area contributed by atoms with E-state index < -0.39 is 5.82 Å². The van der Waals surface area contributed by atoms with Crippen molar-refractivity contribution < 1.29 is 18.3 Å². The Morgan fingerprint density at radius 3 is 2.62 bits per heavy atom. The fourth-order valence-corrected chi connectivity index (χ4v) is 2.20. The summed E-state index contributed by atoms with van der Waals surface area (Å²) in [5, 5.41) is 2.98. The Hall–Kier alpha value is -2.30. The van der Waals surface area contributed by atoms with Crippen LogP contribution in [0, 0.1) is 11.2 Å². The van der Waals surface area contributed by atoms with Crippen LogP contribution in [0.2, 0.25) is 0 Å². The van der Waals surface area contributed by atoms with Gasteiger partial charge in [-0.3, -0.25) is 4.79 Å². The number of benzene rings is 1. The third kappa shape index (κ3) is 5.41. The lowest BCUT2D eigenvalue weighted by Crippen LogP contribution is -2.47. The lowest BCUT2D eigenvalue weighted by molar-refractivity contribution is -0.122. The van der Waals surface area contributed by atoms with Gasteiger partial charge in [0.2, 0.25) is 5.91 Å². The first-order valence-corrected chi connectivity index (χ1v) is 8.05. The minimum atomic E-state index is -0.408. The van der Waals surface area contributed by atoms with Crippen LogP contribution in [-0.4, -0.2) is 18.6 Å². The van der Waals surface area contributed by atoms with Crippen molar-refractivity contribution in [2.24, 2.45) is 5.41 Å². The molecule has 4 nitrogen and oxygen atoms in total. The number of hydrogen-bond donors (Lipinski definition) is 1. The largest absolute Gasteiger partial charge is 0.488 e. The first-order valence-electron chi connectivity index (χ1n) is 8.05. The van der Waals surface area contributed by atoms with E-state index in [1.807, 2.05) is 26.8 Å². The van der Waals surface area contributed by atoms with E-state index in [2.05, 4.69) is 5.32 Å². The highest BCUT2D eigenvalue weighted by Gasteiger charge is 2.27. The number of hydrogen-bond acceptors (Lipinski definition) is 3. The summed E-state index contributed by atoms with van der Waals surface area (Å²) in [5.74, 6) is 0.481. The third-order valence-electron chi connectivity index (χ3n) is 3.80. The Balaban J connectivity index is 1.90. The molecule has 24 heavy (non-hydrogen) atoms. The number of amides is 1. The number of nitrogens with one attached hydrogen (secondary N) is 1. The van der Waals surface area contributed by atoms with Gasteiger partial charge in [0.15, 0.2) is 11.6 Å². The smallest absolute Gasteiger partial charge is 0.220 e. The number of furan rings is 1. The van der Waals surface area contributed by atoms with Crippen molar-refractivity contribution in [3.63, 3.8) is 0 Å². The zero-order valence-electron chi connectivity index (χ0n) is 14.3. The van der Waals surface area contributed by atoms with Gasteiger partial charge in [-0.2, -0.15) is 0 Å². The summed E-state index contributed by atoms with van der Waals surface area (Å²) in [7, 11) is 0. The third-order valence-corrected chi connectivity index (χ3v) is 3.80. The maximum Gasteiger partial charge on any atom is 0.220 e. The molecule has 0 radical (unpaired) electrons. The molecule has 0 aliphatic heterocycles. The van der Waals surface area contributed by atoms with Crippen molar-refractivity contribution >= 4 is 5.91 Å². The monoisotopic (exact) mass is 333 g/mol. The van der Waals surface area contributed by atoms with E-state index in [1.165, 1.54) is 6.07 Å². The number of ether oxygens (including phenoxy) is 1. The molecule has 2 rings (SSSR count). The van der Waals surface area contributed by atoms with E-state index in [1.54, 1.807) is 30.5 Å². The minimum Gasteiger partial charge on any atom is -0.488 e. The van der Waals surface area contributed by atoms with Crippen LogP contribution in [0.15, 0.2) is 47.1 Å². The van der Waals surface area contributed by atoms with Crippen LogP contribution in [0.1, 0.15) is 33.0 Å². The number of aryl methyl sites for hydroxylation is 1. The van der Waals surface area contributed by atoms with Gasteiger partial charge in [-0.1, -0.05) is 32.9 Å². The second kappa shape index (κ2) is 7.99. The van der Waals surface area contributed by atoms with Gasteiger partial charge < -0.3 is 14.5 Å². The number of rotatable bonds is 7. The Morgan fingerprint density at radius 1 is 1.25 bits per heavy atom. The van der Waals surface area contributed by atoms with Crippen molar-refractivity contribution in [1.29, 1.82) is 0 Å². The average molecular weight is 333 g/mol. The Kier molecular flexibility index (Phi) is 6.01. The summed E-state index contributed by atoms with van der Waals surface area (Å²) in [6.07, 6.45) is 2.47. The molecule has 0 bridgehead atoms. The summed E-state index contributed by atoms with van der Waals surface area (Å²) in [6, 6.07) is 9.66. The van der Waals surface area contributed by atoms with Crippen LogP contribution in [0.25, 0.3) is 0 Å². The van der Waals surface area contributed by atoms with Crippen LogP contribution >= 0.6 is 0 Å². The first-order chi connectivity index (χ1) is 11.4. The molecule has 1 unspecified atom stereocenters. The summed E-state index contributed by atoms with van der Waals surface area (Å²) < 4.78 is 24.5. The van der Waals surface area contributed by atoms with Crippen LogP contribution < -0.4 is 10.1 Å². The van der Waals surface area contributed by atoms with E-state index in [0.717, 1.165) is 5.76 Å². The van der Waals surface area contributed by atoms with Gasteiger partial charge in [0.05, 0.1) is 12.3 Å². The molecule has 1 aromatic carbocycles. The van der Waals surface area contributed by atoms with E-state index in [-0.39, 0.29) is 29.7 Å². The average Bonchev–Trinajstić information content (AvgIpc) is 3.03. The van der Waals surface area contributed by atoms with Gasteiger partial charge in [-0.05, 0) is 29.7 Å². The van der Waals surface area contributed by atoms with E-state index in [0.29, 0.717) is 12.8 Å². The number of carbonyl (C=O) groups excluding carboxylic acids is 1. The number of carbonyl (C=O) groups is 1. The quantitative estimate of drug-likeness (QED) is 0.834. The zero-order valence-corrected chi connectivity index (χ0v) is 14.3. The molecule has 0 saturated carbocycles. The normalized spacial score (nSPS) is 12.7. The van der Waals surface area contributed by atoms with Crippen molar-refractivity contribution in [2.45, 2.75) is 39.7 Å². The molecule has 0 fully saturated rings. The predicted molar refractivity (Wildman–Crippen MR) is 90.3 cm³/mol. The van der Waals surface area contributed by atoms with Gasteiger partial charge >= 0.3 is 0 Å². The highest BCUT2D eigenvalue weighted by atomic mass is 19.1. The maximum absolute atomic E-state index is 13.7. The number of para-hydroxylation sites is 1. The molecule has 0 aliphatic carbocycles. The van der Waals surface area contributed by atoms with E-state index in [9.17, 15) is 9.18 Å². The summed E-state index contributed by atoms with van der Waals surface area (Å²) >= 11 is 0. The van der Waals surface area contributed by atoms with E-state index >= 15 is 0 Å². The summed E-state index contributed by atoms with van der Waals surface area (Å²) in [5.41, 5.74) is -0.217. The van der Waals surface area contributed by atoms with Crippen molar-refractivity contribution in [3.8, 4) is 5.75 Å². The molecule has 1 amide bonds. The molecule has 1 atom stereocenters.